The highest BCUT2D eigenvalue weighted by atomic mass is 35.5. The number of fused-ring (bicyclic) bond motifs is 1. The number of furan rings is 1. The molecule has 0 amide bonds. The van der Waals surface area contributed by atoms with Gasteiger partial charge in [-0.15, -0.1) is 0 Å². The lowest BCUT2D eigenvalue weighted by Gasteiger charge is -2.13. The second-order valence-corrected chi connectivity index (χ2v) is 7.18. The molecule has 0 fully saturated rings. The molecule has 164 valence electrons. The Balaban J connectivity index is 0.00000272. The van der Waals surface area contributed by atoms with E-state index < -0.39 is 0 Å². The molecule has 4 rings (SSSR count). The molecule has 0 aliphatic rings. The number of rotatable bonds is 8. The SMILES string of the molecule is COc1cc(CNCc2ccco2)ccc1OCc1ccc2c(c1)n(C)c(=O)n2C.[Cl-]. The molecule has 7 nitrogen and oxygen atoms in total. The van der Waals surface area contributed by atoms with Gasteiger partial charge < -0.3 is 31.6 Å². The molecule has 0 unspecified atom stereocenters. The maximum absolute atomic E-state index is 12.1. The first-order valence-electron chi connectivity index (χ1n) is 9.74. The van der Waals surface area contributed by atoms with Crippen LogP contribution in [-0.2, 0) is 33.8 Å². The van der Waals surface area contributed by atoms with E-state index in [9.17, 15) is 4.79 Å². The fourth-order valence-corrected chi connectivity index (χ4v) is 3.49. The predicted molar refractivity (Wildman–Crippen MR) is 115 cm³/mol. The Bertz CT molecular complexity index is 1210. The van der Waals surface area contributed by atoms with Crippen molar-refractivity contribution >= 4 is 11.0 Å². The minimum atomic E-state index is -0.0408. The topological polar surface area (TPSA) is 70.6 Å². The summed E-state index contributed by atoms with van der Waals surface area (Å²) in [6, 6.07) is 15.6. The van der Waals surface area contributed by atoms with Gasteiger partial charge in [0.05, 0.1) is 31.0 Å². The normalized spacial score (nSPS) is 10.8. The standard InChI is InChI=1S/C23H25N3O4.ClH/c1-25-19-8-6-17(11-20(19)26(2)23(25)27)15-30-21-9-7-16(12-22(21)28-3)13-24-14-18-5-4-10-29-18;/h4-12,24H,13-15H2,1-3H3;1H/p-1. The van der Waals surface area contributed by atoms with Crippen LogP contribution >= 0.6 is 0 Å². The van der Waals surface area contributed by atoms with E-state index in [1.54, 1.807) is 36.6 Å². The third kappa shape index (κ3) is 4.78. The van der Waals surface area contributed by atoms with Gasteiger partial charge in [-0.1, -0.05) is 12.1 Å². The number of nitrogens with zero attached hydrogens (tertiary/aromatic N) is 2. The second-order valence-electron chi connectivity index (χ2n) is 7.18. The molecule has 0 spiro atoms. The molecule has 2 aromatic heterocycles. The molecule has 8 heteroatoms. The molecule has 31 heavy (non-hydrogen) atoms. The largest absolute Gasteiger partial charge is 1.00 e. The van der Waals surface area contributed by atoms with E-state index >= 15 is 0 Å². The van der Waals surface area contributed by atoms with Crippen molar-refractivity contribution in [3.05, 3.63) is 82.2 Å². The monoisotopic (exact) mass is 442 g/mol. The van der Waals surface area contributed by atoms with Gasteiger partial charge >= 0.3 is 5.69 Å². The Morgan fingerprint density at radius 1 is 0.935 bits per heavy atom. The molecule has 1 N–H and O–H groups in total. The highest BCUT2D eigenvalue weighted by molar-refractivity contribution is 5.76. The van der Waals surface area contributed by atoms with Gasteiger partial charge in [0.15, 0.2) is 11.5 Å². The Morgan fingerprint density at radius 3 is 2.45 bits per heavy atom. The highest BCUT2D eigenvalue weighted by Gasteiger charge is 2.10. The number of ether oxygens (including phenoxy) is 2. The van der Waals surface area contributed by atoms with E-state index in [1.165, 1.54) is 0 Å². The lowest BCUT2D eigenvalue weighted by atomic mass is 10.2. The number of methoxy groups -OCH3 is 1. The van der Waals surface area contributed by atoms with Crippen LogP contribution in [0, 0.1) is 0 Å². The predicted octanol–water partition coefficient (Wildman–Crippen LogP) is 0.351. The summed E-state index contributed by atoms with van der Waals surface area (Å²) in [6.45, 7) is 1.74. The first kappa shape index (κ1) is 22.5. The van der Waals surface area contributed by atoms with Crippen molar-refractivity contribution < 1.29 is 26.3 Å². The average molecular weight is 443 g/mol. The number of imidazole rings is 1. The number of hydrogen-bond donors (Lipinski definition) is 1. The summed E-state index contributed by atoms with van der Waals surface area (Å²) in [5.41, 5.74) is 3.81. The third-order valence-electron chi connectivity index (χ3n) is 5.17. The van der Waals surface area contributed by atoms with Gasteiger partial charge in [-0.2, -0.15) is 0 Å². The molecule has 0 aliphatic heterocycles. The van der Waals surface area contributed by atoms with E-state index in [0.29, 0.717) is 31.2 Å². The third-order valence-corrected chi connectivity index (χ3v) is 5.17. The van der Waals surface area contributed by atoms with Crippen LogP contribution in [0.2, 0.25) is 0 Å². The van der Waals surface area contributed by atoms with E-state index in [4.69, 9.17) is 13.9 Å². The number of aryl methyl sites for hydroxylation is 2. The van der Waals surface area contributed by atoms with Crippen LogP contribution in [0.3, 0.4) is 0 Å². The molecule has 0 bridgehead atoms. The van der Waals surface area contributed by atoms with Gasteiger partial charge in [0.1, 0.15) is 12.4 Å². The van der Waals surface area contributed by atoms with Crippen molar-refractivity contribution in [3.63, 3.8) is 0 Å². The van der Waals surface area contributed by atoms with E-state index in [1.807, 2.05) is 48.5 Å². The van der Waals surface area contributed by atoms with Gasteiger partial charge in [0.2, 0.25) is 0 Å². The van der Waals surface area contributed by atoms with Gasteiger partial charge in [-0.05, 0) is 47.5 Å². The van der Waals surface area contributed by atoms with E-state index in [2.05, 4.69) is 5.32 Å². The summed E-state index contributed by atoms with van der Waals surface area (Å²) in [6.07, 6.45) is 1.67. The molecule has 2 aromatic carbocycles. The van der Waals surface area contributed by atoms with Crippen LogP contribution in [0.1, 0.15) is 16.9 Å². The summed E-state index contributed by atoms with van der Waals surface area (Å²) < 4.78 is 20.1. The summed E-state index contributed by atoms with van der Waals surface area (Å²) in [5.74, 6) is 2.25. The fraction of sp³-hybridized carbons (Fsp3) is 0.261. The lowest BCUT2D eigenvalue weighted by Crippen LogP contribution is -3.00. The molecule has 2 heterocycles. The minimum Gasteiger partial charge on any atom is -1.00 e. The van der Waals surface area contributed by atoms with Crippen LogP contribution in [0.5, 0.6) is 11.5 Å². The zero-order valence-corrected chi connectivity index (χ0v) is 18.5. The maximum atomic E-state index is 12.1. The number of halogens is 1. The molecule has 0 aliphatic carbocycles. The first-order valence-corrected chi connectivity index (χ1v) is 9.74. The zero-order valence-electron chi connectivity index (χ0n) is 17.7. The summed E-state index contributed by atoms with van der Waals surface area (Å²) in [5, 5.41) is 3.34. The van der Waals surface area contributed by atoms with Gasteiger partial charge in [-0.25, -0.2) is 4.79 Å². The van der Waals surface area contributed by atoms with Crippen molar-refractivity contribution in [2.45, 2.75) is 19.7 Å². The Kier molecular flexibility index (Phi) is 7.09. The Hall–Kier alpha value is -3.16. The van der Waals surface area contributed by atoms with Gasteiger partial charge in [0.25, 0.3) is 0 Å². The van der Waals surface area contributed by atoms with Crippen molar-refractivity contribution in [1.29, 1.82) is 0 Å². The van der Waals surface area contributed by atoms with Crippen LogP contribution in [0.4, 0.5) is 0 Å². The Morgan fingerprint density at radius 2 is 1.71 bits per heavy atom. The molecule has 4 aromatic rings. The van der Waals surface area contributed by atoms with Crippen LogP contribution < -0.4 is 32.9 Å². The van der Waals surface area contributed by atoms with Crippen LogP contribution in [0.25, 0.3) is 11.0 Å². The minimum absolute atomic E-state index is 0. The molecule has 0 saturated carbocycles. The summed E-state index contributed by atoms with van der Waals surface area (Å²) >= 11 is 0. The van der Waals surface area contributed by atoms with E-state index in [-0.39, 0.29) is 18.1 Å². The first-order chi connectivity index (χ1) is 14.6. The average Bonchev–Trinajstić information content (AvgIpc) is 3.36. The smallest absolute Gasteiger partial charge is 0.328 e. The number of nitrogens with one attached hydrogen (secondary N) is 1. The second kappa shape index (κ2) is 9.76. The molecular formula is C23H25ClN3O4-. The quantitative estimate of drug-likeness (QED) is 0.426. The lowest BCUT2D eigenvalue weighted by molar-refractivity contribution is -0.00000731. The maximum Gasteiger partial charge on any atom is 0.328 e. The summed E-state index contributed by atoms with van der Waals surface area (Å²) in [4.78, 5) is 12.1. The summed E-state index contributed by atoms with van der Waals surface area (Å²) in [7, 11) is 5.18. The molecule has 0 atom stereocenters. The number of benzene rings is 2. The highest BCUT2D eigenvalue weighted by Crippen LogP contribution is 2.29. The van der Waals surface area contributed by atoms with Gasteiger partial charge in [-0.3, -0.25) is 9.13 Å². The zero-order chi connectivity index (χ0) is 21.1. The van der Waals surface area contributed by atoms with Crippen LogP contribution in [0.15, 0.2) is 64.0 Å². The van der Waals surface area contributed by atoms with Crippen molar-refractivity contribution in [1.82, 2.24) is 14.5 Å². The number of hydrogen-bond acceptors (Lipinski definition) is 5. The van der Waals surface area contributed by atoms with Crippen LogP contribution in [-0.4, -0.2) is 16.2 Å². The van der Waals surface area contributed by atoms with E-state index in [0.717, 1.165) is 27.9 Å². The Labute approximate surface area is 186 Å². The number of aromatic nitrogens is 2. The molecular weight excluding hydrogens is 418 g/mol. The van der Waals surface area contributed by atoms with Crippen molar-refractivity contribution in [2.75, 3.05) is 7.11 Å². The van der Waals surface area contributed by atoms with Crippen molar-refractivity contribution in [2.24, 2.45) is 14.1 Å². The molecule has 0 saturated heterocycles. The fourth-order valence-electron chi connectivity index (χ4n) is 3.49. The molecule has 0 radical (unpaired) electrons. The van der Waals surface area contributed by atoms with Gasteiger partial charge in [0, 0.05) is 20.6 Å². The van der Waals surface area contributed by atoms with Crippen molar-refractivity contribution in [3.8, 4) is 11.5 Å².